The van der Waals surface area contributed by atoms with Crippen LogP contribution in [-0.2, 0) is 9.47 Å². The Hall–Kier alpha value is -1.77. The molecule has 1 atom stereocenters. The number of amides is 1. The van der Waals surface area contributed by atoms with Crippen molar-refractivity contribution in [1.29, 1.82) is 0 Å². The van der Waals surface area contributed by atoms with E-state index in [-0.39, 0.29) is 11.8 Å². The Balaban J connectivity index is 0.00000123. The number of hydrogen-bond donors (Lipinski definition) is 1. The zero-order valence-electron chi connectivity index (χ0n) is 16.1. The van der Waals surface area contributed by atoms with Gasteiger partial charge in [0.05, 0.1) is 12.6 Å². The lowest BCUT2D eigenvalue weighted by molar-refractivity contribution is 0.0545. The van der Waals surface area contributed by atoms with Crippen LogP contribution in [0.2, 0.25) is 0 Å². The smallest absolute Gasteiger partial charge is 0.415 e. The largest absolute Gasteiger partial charge is 0.465 e. The van der Waals surface area contributed by atoms with Crippen molar-refractivity contribution in [3.05, 3.63) is 34.1 Å². The number of carbonyl (C=O) groups is 1. The van der Waals surface area contributed by atoms with E-state index in [1.54, 1.807) is 32.9 Å². The van der Waals surface area contributed by atoms with Gasteiger partial charge in [-0.3, -0.25) is 0 Å². The Morgan fingerprint density at radius 1 is 1.37 bits per heavy atom. The van der Waals surface area contributed by atoms with E-state index in [0.29, 0.717) is 18.6 Å². The molecule has 1 heterocycles. The maximum absolute atomic E-state index is 13.9. The maximum Gasteiger partial charge on any atom is 0.415 e. The number of ether oxygens (including phenoxy) is 2. The molecular formula is C18H26BrF3N2O3. The molecule has 0 unspecified atom stereocenters. The second kappa shape index (κ2) is 12.6. The van der Waals surface area contributed by atoms with Gasteiger partial charge >= 0.3 is 6.09 Å². The van der Waals surface area contributed by atoms with Crippen molar-refractivity contribution in [2.45, 2.75) is 52.7 Å². The first kappa shape index (κ1) is 25.2. The number of nitrogens with zero attached hydrogens (tertiary/aromatic N) is 1. The highest BCUT2D eigenvalue weighted by Crippen LogP contribution is 2.29. The third-order valence-electron chi connectivity index (χ3n) is 2.83. The van der Waals surface area contributed by atoms with Crippen molar-refractivity contribution in [1.82, 2.24) is 5.32 Å². The van der Waals surface area contributed by atoms with E-state index in [1.807, 2.05) is 13.8 Å². The highest BCUT2D eigenvalue weighted by Gasteiger charge is 2.24. The molecule has 1 aliphatic rings. The first-order valence-corrected chi connectivity index (χ1v) is 9.23. The molecule has 1 aromatic rings. The van der Waals surface area contributed by atoms with Gasteiger partial charge in [-0.15, -0.1) is 0 Å². The second-order valence-electron chi connectivity index (χ2n) is 5.98. The first-order valence-electron chi connectivity index (χ1n) is 8.43. The summed E-state index contributed by atoms with van der Waals surface area (Å²) in [5.74, 6) is -0.338. The topological polar surface area (TPSA) is 59.9 Å². The van der Waals surface area contributed by atoms with Gasteiger partial charge in [0.1, 0.15) is 11.4 Å². The number of nitrogens with one attached hydrogen (secondary N) is 1. The van der Waals surface area contributed by atoms with Crippen molar-refractivity contribution >= 4 is 28.0 Å². The van der Waals surface area contributed by atoms with Crippen LogP contribution >= 0.6 is 15.9 Å². The molecule has 0 spiro atoms. The van der Waals surface area contributed by atoms with E-state index in [9.17, 15) is 18.0 Å². The number of halogens is 4. The third kappa shape index (κ3) is 10.2. The summed E-state index contributed by atoms with van der Waals surface area (Å²) < 4.78 is 44.4. The molecule has 5 nitrogen and oxygen atoms in total. The fourth-order valence-electron chi connectivity index (χ4n) is 1.96. The van der Waals surface area contributed by atoms with Crippen LogP contribution in [-0.4, -0.2) is 31.3 Å². The normalized spacial score (nSPS) is 15.7. The summed E-state index contributed by atoms with van der Waals surface area (Å²) in [7, 11) is 0. The molecule has 1 N–H and O–H groups in total. The molecule has 1 amide bonds. The molecule has 1 aromatic carbocycles. The zero-order valence-corrected chi connectivity index (χ0v) is 17.7. The van der Waals surface area contributed by atoms with Crippen molar-refractivity contribution in [3.8, 4) is 0 Å². The molecular weight excluding hydrogens is 429 g/mol. The van der Waals surface area contributed by atoms with Crippen LogP contribution in [0.5, 0.6) is 0 Å². The van der Waals surface area contributed by atoms with Crippen LogP contribution in [0.3, 0.4) is 0 Å². The van der Waals surface area contributed by atoms with Gasteiger partial charge < -0.3 is 9.47 Å². The van der Waals surface area contributed by atoms with Gasteiger partial charge in [-0.1, -0.05) is 29.8 Å². The van der Waals surface area contributed by atoms with Crippen molar-refractivity contribution in [2.24, 2.45) is 4.99 Å². The SMILES string of the molecule is CC.CC(C)(C)OC(=O)NC1=N[C@H](c2cc(Br)ccc2F)CCO1.FCF. The minimum absolute atomic E-state index is 0.0462. The van der Waals surface area contributed by atoms with Gasteiger partial charge in [-0.05, 0) is 39.0 Å². The number of carbonyl (C=O) groups excluding carboxylic acids is 1. The molecule has 0 saturated carbocycles. The molecule has 0 aromatic heterocycles. The highest BCUT2D eigenvalue weighted by atomic mass is 79.9. The number of amidine groups is 1. The fraction of sp³-hybridized carbons (Fsp3) is 0.556. The number of aliphatic imine (C=N–C) groups is 1. The zero-order chi connectivity index (χ0) is 21.0. The third-order valence-corrected chi connectivity index (χ3v) is 3.32. The molecule has 0 saturated heterocycles. The molecule has 154 valence electrons. The summed E-state index contributed by atoms with van der Waals surface area (Å²) in [6.07, 6.45) is -0.117. The van der Waals surface area contributed by atoms with Crippen molar-refractivity contribution in [2.75, 3.05) is 13.5 Å². The summed E-state index contributed by atoms with van der Waals surface area (Å²) >= 11 is 3.32. The molecule has 0 fully saturated rings. The van der Waals surface area contributed by atoms with Crippen LogP contribution in [0.15, 0.2) is 27.7 Å². The van der Waals surface area contributed by atoms with Crippen LogP contribution in [0.25, 0.3) is 0 Å². The molecule has 0 bridgehead atoms. The van der Waals surface area contributed by atoms with E-state index in [1.165, 1.54) is 6.07 Å². The molecule has 2 rings (SSSR count). The van der Waals surface area contributed by atoms with Crippen LogP contribution < -0.4 is 5.32 Å². The van der Waals surface area contributed by atoms with Gasteiger partial charge in [-0.2, -0.15) is 0 Å². The van der Waals surface area contributed by atoms with Crippen LogP contribution in [0.4, 0.5) is 18.0 Å². The number of benzene rings is 1. The Morgan fingerprint density at radius 2 is 1.96 bits per heavy atom. The summed E-state index contributed by atoms with van der Waals surface area (Å²) in [6.45, 7) is 7.87. The second-order valence-corrected chi connectivity index (χ2v) is 6.90. The number of rotatable bonds is 1. The van der Waals surface area contributed by atoms with Gasteiger partial charge in [0.15, 0.2) is 0 Å². The molecule has 1 aliphatic heterocycles. The highest BCUT2D eigenvalue weighted by molar-refractivity contribution is 9.10. The van der Waals surface area contributed by atoms with Crippen LogP contribution in [0, 0.1) is 5.82 Å². The fourth-order valence-corrected chi connectivity index (χ4v) is 2.34. The van der Waals surface area contributed by atoms with Gasteiger partial charge in [0.25, 0.3) is 6.02 Å². The molecule has 0 radical (unpaired) electrons. The Labute approximate surface area is 166 Å². The van der Waals surface area contributed by atoms with Gasteiger partial charge in [-0.25, -0.2) is 28.3 Å². The van der Waals surface area contributed by atoms with E-state index >= 15 is 0 Å². The summed E-state index contributed by atoms with van der Waals surface area (Å²) in [4.78, 5) is 16.0. The maximum atomic E-state index is 13.9. The van der Waals surface area contributed by atoms with Crippen molar-refractivity contribution in [3.63, 3.8) is 0 Å². The molecule has 9 heteroatoms. The molecule has 27 heavy (non-hydrogen) atoms. The summed E-state index contributed by atoms with van der Waals surface area (Å²) in [6, 6.07) is 4.33. The van der Waals surface area contributed by atoms with Gasteiger partial charge in [0, 0.05) is 16.5 Å². The number of alkyl carbamates (subject to hydrolysis) is 1. The predicted molar refractivity (Wildman–Crippen MR) is 103 cm³/mol. The summed E-state index contributed by atoms with van der Waals surface area (Å²) in [5, 5.41) is 2.44. The number of alkyl halides is 2. The minimum Gasteiger partial charge on any atom is -0.465 e. The Bertz CT molecular complexity index is 622. The summed E-state index contributed by atoms with van der Waals surface area (Å²) in [5.41, 5.74) is -0.157. The Kier molecular flexibility index (Phi) is 11.8. The Morgan fingerprint density at radius 3 is 2.52 bits per heavy atom. The monoisotopic (exact) mass is 454 g/mol. The minimum atomic E-state index is -1.75. The average molecular weight is 455 g/mol. The lowest BCUT2D eigenvalue weighted by Crippen LogP contribution is -2.39. The standard InChI is InChI=1S/C15H18BrFN2O3.C2H6.CH2F2/c1-15(2,3)22-14(20)19-13-18-12(6-7-21-13)10-8-9(16)4-5-11(10)17;1-2;2-1-3/h4-5,8,12H,6-7H2,1-3H3,(H,18,19,20);1-2H3;1H2/t12-;;/m0../s1. The quantitative estimate of drug-likeness (QED) is 0.579. The van der Waals surface area contributed by atoms with E-state index < -0.39 is 24.7 Å². The van der Waals surface area contributed by atoms with Gasteiger partial charge in [0.2, 0.25) is 6.93 Å². The van der Waals surface area contributed by atoms with E-state index in [4.69, 9.17) is 9.47 Å². The molecule has 0 aliphatic carbocycles. The van der Waals surface area contributed by atoms with Crippen molar-refractivity contribution < 1.29 is 27.4 Å². The average Bonchev–Trinajstić information content (AvgIpc) is 2.58. The predicted octanol–water partition coefficient (Wildman–Crippen LogP) is 5.84. The lowest BCUT2D eigenvalue weighted by Gasteiger charge is -2.24. The lowest BCUT2D eigenvalue weighted by atomic mass is 10.0. The van der Waals surface area contributed by atoms with E-state index in [0.717, 1.165) is 4.47 Å². The number of hydrogen-bond acceptors (Lipinski definition) is 4. The first-order chi connectivity index (χ1) is 12.7. The van der Waals surface area contributed by atoms with Crippen LogP contribution in [0.1, 0.15) is 52.6 Å². The van der Waals surface area contributed by atoms with E-state index in [2.05, 4.69) is 26.2 Å².